The quantitative estimate of drug-likeness (QED) is 0.295. The van der Waals surface area contributed by atoms with E-state index >= 15 is 0 Å². The molecule has 0 aromatic carbocycles. The first-order valence-corrected chi connectivity index (χ1v) is 10.4. The van der Waals surface area contributed by atoms with Crippen molar-refractivity contribution < 1.29 is 0 Å². The van der Waals surface area contributed by atoms with Crippen LogP contribution in [0.5, 0.6) is 0 Å². The molecule has 0 aliphatic heterocycles. The van der Waals surface area contributed by atoms with Crippen LogP contribution < -0.4 is 0 Å². The molecule has 0 saturated heterocycles. The van der Waals surface area contributed by atoms with Crippen molar-refractivity contribution in [2.75, 3.05) is 19.6 Å². The highest BCUT2D eigenvalue weighted by atomic mass is 15.1. The van der Waals surface area contributed by atoms with Crippen LogP contribution in [0.15, 0.2) is 0 Å². The van der Waals surface area contributed by atoms with Gasteiger partial charge in [-0.15, -0.1) is 0 Å². The van der Waals surface area contributed by atoms with E-state index in [4.69, 9.17) is 0 Å². The van der Waals surface area contributed by atoms with Crippen LogP contribution in [0.1, 0.15) is 112 Å². The Morgan fingerprint density at radius 1 is 0.500 bits per heavy atom. The highest BCUT2D eigenvalue weighted by Gasteiger charge is 2.26. The molecule has 0 spiro atoms. The van der Waals surface area contributed by atoms with Gasteiger partial charge in [-0.3, -0.25) is 0 Å². The Bertz CT molecular complexity index is 199. The van der Waals surface area contributed by atoms with Gasteiger partial charge in [0.2, 0.25) is 0 Å². The van der Waals surface area contributed by atoms with Gasteiger partial charge in [-0.1, -0.05) is 66.7 Å². The summed E-state index contributed by atoms with van der Waals surface area (Å²) in [5.74, 6) is 0. The van der Waals surface area contributed by atoms with Crippen molar-refractivity contribution in [2.24, 2.45) is 5.41 Å². The molecule has 0 aromatic heterocycles. The summed E-state index contributed by atoms with van der Waals surface area (Å²) in [7, 11) is 0. The zero-order chi connectivity index (χ0) is 16.7. The Balaban J connectivity index is 4.39. The first-order chi connectivity index (χ1) is 10.7. The third kappa shape index (κ3) is 9.87. The van der Waals surface area contributed by atoms with E-state index in [1.165, 1.54) is 96.7 Å². The van der Waals surface area contributed by atoms with Gasteiger partial charge in [-0.2, -0.15) is 0 Å². The second-order valence-electron chi connectivity index (χ2n) is 7.40. The van der Waals surface area contributed by atoms with Crippen molar-refractivity contribution in [1.29, 1.82) is 0 Å². The molecule has 134 valence electrons. The van der Waals surface area contributed by atoms with Gasteiger partial charge in [-0.05, 0) is 70.0 Å². The lowest BCUT2D eigenvalue weighted by molar-refractivity contribution is 0.169. The van der Waals surface area contributed by atoms with Crippen molar-refractivity contribution in [3.05, 3.63) is 0 Å². The Kier molecular flexibility index (Phi) is 14.5. The maximum Gasteiger partial charge on any atom is -0.00185 e. The normalized spacial score (nSPS) is 12.3. The largest absolute Gasteiger partial charge is 0.303 e. The molecule has 0 N–H and O–H groups in total. The van der Waals surface area contributed by atoms with E-state index < -0.39 is 0 Å². The molecule has 0 aliphatic rings. The standard InChI is InChI=1S/C21H45N/c1-6-11-18-22(19-12-7-2)20-13-17-21(14-8-3,15-9-4)16-10-5/h6-20H2,1-5H3. The Morgan fingerprint density at radius 3 is 1.27 bits per heavy atom. The van der Waals surface area contributed by atoms with E-state index in [1.807, 2.05) is 0 Å². The van der Waals surface area contributed by atoms with Crippen LogP contribution in [0.2, 0.25) is 0 Å². The molecule has 0 aliphatic carbocycles. The van der Waals surface area contributed by atoms with Crippen molar-refractivity contribution in [3.63, 3.8) is 0 Å². The molecule has 0 amide bonds. The molecule has 0 saturated carbocycles. The zero-order valence-electron chi connectivity index (χ0n) is 16.6. The molecule has 0 atom stereocenters. The number of hydrogen-bond acceptors (Lipinski definition) is 1. The molecule has 0 radical (unpaired) electrons. The summed E-state index contributed by atoms with van der Waals surface area (Å²) < 4.78 is 0. The second-order valence-corrected chi connectivity index (χ2v) is 7.40. The van der Waals surface area contributed by atoms with E-state index in [2.05, 4.69) is 39.5 Å². The van der Waals surface area contributed by atoms with Gasteiger partial charge in [0.05, 0.1) is 0 Å². The fourth-order valence-corrected chi connectivity index (χ4v) is 4.12. The lowest BCUT2D eigenvalue weighted by Gasteiger charge is -2.34. The van der Waals surface area contributed by atoms with Crippen LogP contribution in [0.25, 0.3) is 0 Å². The molecule has 1 nitrogen and oxygen atoms in total. The summed E-state index contributed by atoms with van der Waals surface area (Å²) in [6.07, 6.45) is 16.7. The molecule has 0 fully saturated rings. The summed E-state index contributed by atoms with van der Waals surface area (Å²) >= 11 is 0. The smallest absolute Gasteiger partial charge is 0.00185 e. The topological polar surface area (TPSA) is 3.24 Å². The second kappa shape index (κ2) is 14.5. The van der Waals surface area contributed by atoms with Gasteiger partial charge in [0, 0.05) is 0 Å². The number of rotatable bonds is 16. The Morgan fingerprint density at radius 2 is 0.909 bits per heavy atom. The molecular formula is C21H45N. The predicted molar refractivity (Wildman–Crippen MR) is 103 cm³/mol. The van der Waals surface area contributed by atoms with Crippen molar-refractivity contribution in [1.82, 2.24) is 4.90 Å². The highest BCUT2D eigenvalue weighted by molar-refractivity contribution is 4.79. The third-order valence-electron chi connectivity index (χ3n) is 5.18. The third-order valence-corrected chi connectivity index (χ3v) is 5.18. The van der Waals surface area contributed by atoms with E-state index in [9.17, 15) is 0 Å². The minimum Gasteiger partial charge on any atom is -0.303 e. The maximum atomic E-state index is 2.74. The van der Waals surface area contributed by atoms with Gasteiger partial charge in [0.25, 0.3) is 0 Å². The van der Waals surface area contributed by atoms with Crippen LogP contribution >= 0.6 is 0 Å². The van der Waals surface area contributed by atoms with E-state index in [1.54, 1.807) is 0 Å². The summed E-state index contributed by atoms with van der Waals surface area (Å²) in [4.78, 5) is 2.74. The van der Waals surface area contributed by atoms with Crippen molar-refractivity contribution in [2.45, 2.75) is 112 Å². The summed E-state index contributed by atoms with van der Waals surface area (Å²) in [6, 6.07) is 0. The average molecular weight is 312 g/mol. The molecule has 0 aromatic rings. The molecule has 0 rings (SSSR count). The predicted octanol–water partition coefficient (Wildman–Crippen LogP) is 7.06. The fraction of sp³-hybridized carbons (Fsp3) is 1.00. The fourth-order valence-electron chi connectivity index (χ4n) is 4.12. The SMILES string of the molecule is CCCCN(CCCC)CCCC(CCC)(CCC)CCC. The van der Waals surface area contributed by atoms with E-state index in [-0.39, 0.29) is 0 Å². The number of nitrogens with zero attached hydrogens (tertiary/aromatic N) is 1. The Labute approximate surface area is 142 Å². The average Bonchev–Trinajstić information content (AvgIpc) is 2.50. The number of hydrogen-bond donors (Lipinski definition) is 0. The maximum absolute atomic E-state index is 2.74. The zero-order valence-corrected chi connectivity index (χ0v) is 16.6. The van der Waals surface area contributed by atoms with Crippen LogP contribution in [0.3, 0.4) is 0 Å². The lowest BCUT2D eigenvalue weighted by Crippen LogP contribution is -2.29. The van der Waals surface area contributed by atoms with Crippen molar-refractivity contribution in [3.8, 4) is 0 Å². The van der Waals surface area contributed by atoms with Crippen LogP contribution in [-0.4, -0.2) is 24.5 Å². The monoisotopic (exact) mass is 311 g/mol. The molecule has 1 heteroatoms. The van der Waals surface area contributed by atoms with Crippen LogP contribution in [0, 0.1) is 5.41 Å². The highest BCUT2D eigenvalue weighted by Crippen LogP contribution is 2.39. The molecule has 22 heavy (non-hydrogen) atoms. The summed E-state index contributed by atoms with van der Waals surface area (Å²) in [5.41, 5.74) is 0.652. The molecule has 0 bridgehead atoms. The number of unbranched alkanes of at least 4 members (excludes halogenated alkanes) is 2. The summed E-state index contributed by atoms with van der Waals surface area (Å²) in [6.45, 7) is 15.7. The Hall–Kier alpha value is -0.0400. The van der Waals surface area contributed by atoms with Gasteiger partial charge < -0.3 is 4.90 Å². The van der Waals surface area contributed by atoms with Crippen LogP contribution in [0.4, 0.5) is 0 Å². The van der Waals surface area contributed by atoms with E-state index in [0.717, 1.165) is 0 Å². The van der Waals surface area contributed by atoms with Crippen LogP contribution in [-0.2, 0) is 0 Å². The first-order valence-electron chi connectivity index (χ1n) is 10.4. The first kappa shape index (κ1) is 22.0. The molecule has 0 unspecified atom stereocenters. The molecule has 0 heterocycles. The van der Waals surface area contributed by atoms with Gasteiger partial charge in [-0.25, -0.2) is 0 Å². The van der Waals surface area contributed by atoms with Gasteiger partial charge in [0.1, 0.15) is 0 Å². The van der Waals surface area contributed by atoms with Gasteiger partial charge >= 0.3 is 0 Å². The molecular weight excluding hydrogens is 266 g/mol. The minimum absolute atomic E-state index is 0.652. The minimum atomic E-state index is 0.652. The van der Waals surface area contributed by atoms with Gasteiger partial charge in [0.15, 0.2) is 0 Å². The summed E-state index contributed by atoms with van der Waals surface area (Å²) in [5, 5.41) is 0. The lowest BCUT2D eigenvalue weighted by atomic mass is 9.72. The van der Waals surface area contributed by atoms with E-state index in [0.29, 0.717) is 5.41 Å². The van der Waals surface area contributed by atoms with Crippen molar-refractivity contribution >= 4 is 0 Å².